The van der Waals surface area contributed by atoms with E-state index in [1.165, 1.54) is 40.0 Å². The number of thiophene rings is 1. The van der Waals surface area contributed by atoms with E-state index in [2.05, 4.69) is 9.71 Å². The Morgan fingerprint density at radius 2 is 1.97 bits per heavy atom. The van der Waals surface area contributed by atoms with Gasteiger partial charge in [-0.25, -0.2) is 18.2 Å². The summed E-state index contributed by atoms with van der Waals surface area (Å²) in [6.45, 7) is -0.214. The van der Waals surface area contributed by atoms with Crippen molar-refractivity contribution in [2.24, 2.45) is 0 Å². The molecule has 0 amide bonds. The lowest BCUT2D eigenvalue weighted by Crippen LogP contribution is -2.17. The standard InChI is InChI=1S/C18H13N3O5S3/c22-15-10-12(19-18-21(15)7-9-28-18)11-26-17(23)13-4-1-2-5-14(13)20-29(24,25)16-6-3-8-27-16/h1-10,20H,11H2. The maximum atomic E-state index is 12.5. The Kier molecular flexibility index (Phi) is 5.18. The molecule has 0 spiro atoms. The van der Waals surface area contributed by atoms with E-state index < -0.39 is 16.0 Å². The minimum absolute atomic E-state index is 0.0570. The topological polar surface area (TPSA) is 107 Å². The van der Waals surface area contributed by atoms with Gasteiger partial charge in [0.25, 0.3) is 15.6 Å². The largest absolute Gasteiger partial charge is 0.456 e. The van der Waals surface area contributed by atoms with Gasteiger partial charge in [0.05, 0.1) is 16.9 Å². The zero-order chi connectivity index (χ0) is 20.4. The molecule has 4 rings (SSSR count). The monoisotopic (exact) mass is 447 g/mol. The van der Waals surface area contributed by atoms with Crippen LogP contribution in [0.2, 0.25) is 0 Å². The maximum Gasteiger partial charge on any atom is 0.340 e. The average Bonchev–Trinajstić information content (AvgIpc) is 3.38. The smallest absolute Gasteiger partial charge is 0.340 e. The third kappa shape index (κ3) is 4.06. The van der Waals surface area contributed by atoms with E-state index in [0.717, 1.165) is 11.3 Å². The number of rotatable bonds is 6. The molecule has 1 aromatic carbocycles. The minimum Gasteiger partial charge on any atom is -0.456 e. The second-order valence-corrected chi connectivity index (χ2v) is 9.53. The number of hydrogen-bond donors (Lipinski definition) is 1. The molecule has 0 bridgehead atoms. The third-order valence-corrected chi connectivity index (χ3v) is 7.38. The Labute approximate surface area is 173 Å². The van der Waals surface area contributed by atoms with Crippen LogP contribution < -0.4 is 10.3 Å². The van der Waals surface area contributed by atoms with Gasteiger partial charge in [0.1, 0.15) is 10.8 Å². The molecule has 4 aromatic rings. The highest BCUT2D eigenvalue weighted by molar-refractivity contribution is 7.94. The van der Waals surface area contributed by atoms with Gasteiger partial charge >= 0.3 is 5.97 Å². The number of carbonyl (C=O) groups is 1. The first-order valence-electron chi connectivity index (χ1n) is 8.22. The number of anilines is 1. The lowest BCUT2D eigenvalue weighted by molar-refractivity contribution is 0.0469. The Morgan fingerprint density at radius 1 is 1.14 bits per heavy atom. The lowest BCUT2D eigenvalue weighted by atomic mass is 10.2. The quantitative estimate of drug-likeness (QED) is 0.456. The predicted octanol–water partition coefficient (Wildman–Crippen LogP) is 2.98. The molecular weight excluding hydrogens is 434 g/mol. The molecule has 0 fully saturated rings. The van der Waals surface area contributed by atoms with Crippen LogP contribution in [0.15, 0.2) is 68.4 Å². The summed E-state index contributed by atoms with van der Waals surface area (Å²) < 4.78 is 34.1. The number of nitrogens with zero attached hydrogens (tertiary/aromatic N) is 2. The van der Waals surface area contributed by atoms with E-state index >= 15 is 0 Å². The first-order chi connectivity index (χ1) is 13.9. The van der Waals surface area contributed by atoms with Gasteiger partial charge in [0.2, 0.25) is 0 Å². The highest BCUT2D eigenvalue weighted by Crippen LogP contribution is 2.23. The Hall–Kier alpha value is -3.02. The molecule has 0 atom stereocenters. The molecule has 0 saturated carbocycles. The Bertz CT molecular complexity index is 1340. The van der Waals surface area contributed by atoms with Gasteiger partial charge in [0.15, 0.2) is 4.96 Å². The highest BCUT2D eigenvalue weighted by Gasteiger charge is 2.20. The van der Waals surface area contributed by atoms with Gasteiger partial charge in [-0.3, -0.25) is 13.9 Å². The molecule has 0 unspecified atom stereocenters. The summed E-state index contributed by atoms with van der Waals surface area (Å²) in [6.07, 6.45) is 1.61. The van der Waals surface area contributed by atoms with E-state index in [4.69, 9.17) is 4.74 Å². The number of fused-ring (bicyclic) bond motifs is 1. The van der Waals surface area contributed by atoms with Gasteiger partial charge < -0.3 is 4.74 Å². The second kappa shape index (κ2) is 7.78. The van der Waals surface area contributed by atoms with Crippen LogP contribution in [0.4, 0.5) is 5.69 Å². The average molecular weight is 448 g/mol. The molecule has 3 aromatic heterocycles. The number of carbonyl (C=O) groups excluding carboxylic acids is 1. The van der Waals surface area contributed by atoms with Gasteiger partial charge in [0, 0.05) is 17.6 Å². The number of sulfonamides is 1. The molecule has 0 saturated heterocycles. The summed E-state index contributed by atoms with van der Waals surface area (Å²) in [5.74, 6) is -0.734. The molecule has 0 aliphatic carbocycles. The number of aromatic nitrogens is 2. The van der Waals surface area contributed by atoms with Gasteiger partial charge in [-0.2, -0.15) is 0 Å². The molecule has 8 nitrogen and oxygen atoms in total. The molecule has 11 heteroatoms. The molecular formula is C18H13N3O5S3. The van der Waals surface area contributed by atoms with Crippen LogP contribution in [0.1, 0.15) is 16.1 Å². The number of para-hydroxylation sites is 1. The molecule has 3 heterocycles. The molecule has 1 N–H and O–H groups in total. The molecule has 0 radical (unpaired) electrons. The van der Waals surface area contributed by atoms with E-state index in [1.54, 1.807) is 35.2 Å². The zero-order valence-corrected chi connectivity index (χ0v) is 17.1. The maximum absolute atomic E-state index is 12.5. The second-order valence-electron chi connectivity index (χ2n) is 5.80. The van der Waals surface area contributed by atoms with Crippen molar-refractivity contribution in [1.29, 1.82) is 0 Å². The number of nitrogens with one attached hydrogen (secondary N) is 1. The first-order valence-corrected chi connectivity index (χ1v) is 11.5. The highest BCUT2D eigenvalue weighted by atomic mass is 32.2. The van der Waals surface area contributed by atoms with E-state index in [-0.39, 0.29) is 27.6 Å². The third-order valence-electron chi connectivity index (χ3n) is 3.86. The van der Waals surface area contributed by atoms with E-state index in [9.17, 15) is 18.0 Å². The molecule has 29 heavy (non-hydrogen) atoms. The number of benzene rings is 1. The van der Waals surface area contributed by atoms with Crippen molar-refractivity contribution in [3.8, 4) is 0 Å². The summed E-state index contributed by atoms with van der Waals surface area (Å²) in [7, 11) is -3.81. The Morgan fingerprint density at radius 3 is 2.76 bits per heavy atom. The van der Waals surface area contributed by atoms with Crippen LogP contribution in [-0.2, 0) is 21.4 Å². The normalized spacial score (nSPS) is 11.4. The summed E-state index contributed by atoms with van der Waals surface area (Å²) in [4.78, 5) is 29.3. The molecule has 0 aliphatic heterocycles. The van der Waals surface area contributed by atoms with Crippen LogP contribution in [0.3, 0.4) is 0 Å². The lowest BCUT2D eigenvalue weighted by Gasteiger charge is -2.11. The van der Waals surface area contributed by atoms with Gasteiger partial charge in [-0.1, -0.05) is 18.2 Å². The predicted molar refractivity (Wildman–Crippen MR) is 110 cm³/mol. The van der Waals surface area contributed by atoms with Gasteiger partial charge in [-0.15, -0.1) is 22.7 Å². The molecule has 0 aliphatic rings. The van der Waals surface area contributed by atoms with Crippen LogP contribution in [0, 0.1) is 0 Å². The van der Waals surface area contributed by atoms with Crippen molar-refractivity contribution in [3.63, 3.8) is 0 Å². The van der Waals surface area contributed by atoms with Crippen molar-refractivity contribution < 1.29 is 17.9 Å². The zero-order valence-electron chi connectivity index (χ0n) is 14.6. The van der Waals surface area contributed by atoms with Crippen LogP contribution in [0.25, 0.3) is 4.96 Å². The number of ether oxygens (including phenoxy) is 1. The molecule has 148 valence electrons. The minimum atomic E-state index is -3.81. The van der Waals surface area contributed by atoms with Crippen molar-refractivity contribution in [2.75, 3.05) is 4.72 Å². The number of thiazole rings is 1. The van der Waals surface area contributed by atoms with E-state index in [1.807, 2.05) is 0 Å². The summed E-state index contributed by atoms with van der Waals surface area (Å²) >= 11 is 2.36. The number of esters is 1. The van der Waals surface area contributed by atoms with Crippen molar-refractivity contribution >= 4 is 49.3 Å². The van der Waals surface area contributed by atoms with Crippen LogP contribution in [0.5, 0.6) is 0 Å². The summed E-state index contributed by atoms with van der Waals surface area (Å²) in [6, 6.07) is 10.5. The van der Waals surface area contributed by atoms with Crippen molar-refractivity contribution in [1.82, 2.24) is 9.38 Å². The SMILES string of the molecule is O=C(OCc1cc(=O)n2ccsc2n1)c1ccccc1NS(=O)(=O)c1cccs1. The van der Waals surface area contributed by atoms with Gasteiger partial charge in [-0.05, 0) is 23.6 Å². The summed E-state index contributed by atoms with van der Waals surface area (Å²) in [5, 5.41) is 3.38. The van der Waals surface area contributed by atoms with Crippen molar-refractivity contribution in [3.05, 3.63) is 81.0 Å². The fraction of sp³-hybridized carbons (Fsp3) is 0.0556. The van der Waals surface area contributed by atoms with Crippen LogP contribution in [-0.4, -0.2) is 23.8 Å². The van der Waals surface area contributed by atoms with Crippen molar-refractivity contribution in [2.45, 2.75) is 10.8 Å². The number of hydrogen-bond acceptors (Lipinski definition) is 8. The van der Waals surface area contributed by atoms with E-state index in [0.29, 0.717) is 10.7 Å². The fourth-order valence-electron chi connectivity index (χ4n) is 2.54. The summed E-state index contributed by atoms with van der Waals surface area (Å²) in [5.41, 5.74) is 0.197. The van der Waals surface area contributed by atoms with Crippen LogP contribution >= 0.6 is 22.7 Å². The Balaban J connectivity index is 1.54. The first kappa shape index (κ1) is 19.3. The fourth-order valence-corrected chi connectivity index (χ4v) is 5.35.